The third-order valence-electron chi connectivity index (χ3n) is 2.57. The number of hydrogen-bond acceptors (Lipinski definition) is 5. The number of rotatable bonds is 5. The van der Waals surface area contributed by atoms with Crippen LogP contribution >= 0.6 is 22.9 Å². The van der Waals surface area contributed by atoms with Gasteiger partial charge in [0.25, 0.3) is 0 Å². The molecule has 0 saturated heterocycles. The van der Waals surface area contributed by atoms with Crippen molar-refractivity contribution < 1.29 is 5.11 Å². The lowest BCUT2D eigenvalue weighted by Gasteiger charge is -2.25. The first kappa shape index (κ1) is 13.2. The Morgan fingerprint density at radius 1 is 1.56 bits per heavy atom. The molecule has 4 nitrogen and oxygen atoms in total. The number of nitriles is 1. The fraction of sp³-hybridized carbons (Fsp3) is 0.600. The van der Waals surface area contributed by atoms with Crippen molar-refractivity contribution in [3.8, 4) is 6.07 Å². The quantitative estimate of drug-likeness (QED) is 0.853. The highest BCUT2D eigenvalue weighted by Gasteiger charge is 2.22. The number of aromatic nitrogens is 1. The van der Waals surface area contributed by atoms with Gasteiger partial charge in [-0.05, 0) is 12.8 Å². The molecule has 1 aromatic rings. The molecule has 16 heavy (non-hydrogen) atoms. The van der Waals surface area contributed by atoms with Crippen LogP contribution in [0, 0.1) is 11.3 Å². The molecule has 1 aromatic heterocycles. The maximum Gasteiger partial charge on any atom is 0.185 e. The predicted molar refractivity (Wildman–Crippen MR) is 65.9 cm³/mol. The minimum atomic E-state index is -0.731. The van der Waals surface area contributed by atoms with Gasteiger partial charge in [0.1, 0.15) is 10.9 Å². The summed E-state index contributed by atoms with van der Waals surface area (Å²) in [6.45, 7) is 4.27. The van der Waals surface area contributed by atoms with Crippen LogP contribution in [-0.4, -0.2) is 22.2 Å². The molecule has 2 N–H and O–H groups in total. The van der Waals surface area contributed by atoms with Crippen LogP contribution in [0.3, 0.4) is 0 Å². The summed E-state index contributed by atoms with van der Waals surface area (Å²) in [5.74, 6) is 0. The summed E-state index contributed by atoms with van der Waals surface area (Å²) in [4.78, 5) is 4.38. The molecule has 88 valence electrons. The Labute approximate surface area is 104 Å². The molecular formula is C10H14ClN3OS. The van der Waals surface area contributed by atoms with E-state index in [1.165, 1.54) is 11.3 Å². The van der Waals surface area contributed by atoms with E-state index in [9.17, 15) is 5.11 Å². The fourth-order valence-corrected chi connectivity index (χ4v) is 2.13. The average molecular weight is 260 g/mol. The molecule has 0 aliphatic heterocycles. The van der Waals surface area contributed by atoms with Gasteiger partial charge in [0, 0.05) is 6.54 Å². The zero-order valence-corrected chi connectivity index (χ0v) is 10.8. The highest BCUT2D eigenvalue weighted by molar-refractivity contribution is 7.16. The van der Waals surface area contributed by atoms with Crippen LogP contribution in [-0.2, 0) is 0 Å². The van der Waals surface area contributed by atoms with Gasteiger partial charge in [0.15, 0.2) is 10.3 Å². The molecule has 0 bridgehead atoms. The first-order chi connectivity index (χ1) is 7.54. The normalized spacial score (nSPS) is 11.2. The Kier molecular flexibility index (Phi) is 4.54. The van der Waals surface area contributed by atoms with Gasteiger partial charge < -0.3 is 10.4 Å². The Balaban J connectivity index is 2.65. The summed E-state index contributed by atoms with van der Waals surface area (Å²) in [5, 5.41) is 22.5. The summed E-state index contributed by atoms with van der Waals surface area (Å²) in [6.07, 6.45) is 1.33. The van der Waals surface area contributed by atoms with E-state index in [2.05, 4.69) is 10.3 Å². The maximum absolute atomic E-state index is 10.0. The minimum absolute atomic E-state index is 0.214. The monoisotopic (exact) mass is 259 g/mol. The van der Waals surface area contributed by atoms with Crippen molar-refractivity contribution in [2.24, 2.45) is 0 Å². The number of anilines is 1. The summed E-state index contributed by atoms with van der Waals surface area (Å²) in [7, 11) is 0. The van der Waals surface area contributed by atoms with Crippen molar-refractivity contribution in [3.05, 3.63) is 10.0 Å². The first-order valence-corrected chi connectivity index (χ1v) is 6.26. The van der Waals surface area contributed by atoms with E-state index in [1.807, 2.05) is 19.9 Å². The summed E-state index contributed by atoms with van der Waals surface area (Å²) < 4.78 is 0. The van der Waals surface area contributed by atoms with E-state index >= 15 is 0 Å². The number of halogens is 1. The molecule has 0 aliphatic carbocycles. The predicted octanol–water partition coefficient (Wildman–Crippen LogP) is 2.63. The van der Waals surface area contributed by atoms with Gasteiger partial charge in [0.05, 0.1) is 5.60 Å². The van der Waals surface area contributed by atoms with Crippen molar-refractivity contribution in [1.82, 2.24) is 4.98 Å². The van der Waals surface area contributed by atoms with Gasteiger partial charge >= 0.3 is 0 Å². The standard InChI is InChI=1S/C10H14ClN3OS/c1-3-10(15,4-2)6-13-9-14-8(11)7(5-12)16-9/h15H,3-4,6H2,1-2H3,(H,13,14). The van der Waals surface area contributed by atoms with Crippen LogP contribution in [0.2, 0.25) is 5.15 Å². The molecule has 0 radical (unpaired) electrons. The molecule has 1 heterocycles. The van der Waals surface area contributed by atoms with Gasteiger partial charge in [-0.15, -0.1) is 0 Å². The summed E-state index contributed by atoms with van der Waals surface area (Å²) in [6, 6.07) is 1.96. The van der Waals surface area contributed by atoms with E-state index in [1.54, 1.807) is 0 Å². The maximum atomic E-state index is 10.0. The zero-order chi connectivity index (χ0) is 12.2. The van der Waals surface area contributed by atoms with Gasteiger partial charge in [0.2, 0.25) is 0 Å². The van der Waals surface area contributed by atoms with E-state index in [4.69, 9.17) is 16.9 Å². The van der Waals surface area contributed by atoms with E-state index < -0.39 is 5.60 Å². The molecular weight excluding hydrogens is 246 g/mol. The number of nitrogens with zero attached hydrogens (tertiary/aromatic N) is 2. The van der Waals surface area contributed by atoms with E-state index in [-0.39, 0.29) is 5.15 Å². The van der Waals surface area contributed by atoms with Crippen molar-refractivity contribution in [2.75, 3.05) is 11.9 Å². The van der Waals surface area contributed by atoms with E-state index in [0.717, 1.165) is 0 Å². The van der Waals surface area contributed by atoms with Crippen LogP contribution in [0.4, 0.5) is 5.13 Å². The van der Waals surface area contributed by atoms with Crippen LogP contribution in [0.1, 0.15) is 31.6 Å². The molecule has 0 amide bonds. The molecule has 1 rings (SSSR count). The molecule has 0 unspecified atom stereocenters. The molecule has 0 aliphatic rings. The second-order valence-electron chi connectivity index (χ2n) is 3.54. The van der Waals surface area contributed by atoms with Crippen LogP contribution in [0.25, 0.3) is 0 Å². The smallest absolute Gasteiger partial charge is 0.185 e. The number of thiazole rings is 1. The lowest BCUT2D eigenvalue weighted by molar-refractivity contribution is 0.0457. The highest BCUT2D eigenvalue weighted by atomic mass is 35.5. The van der Waals surface area contributed by atoms with Crippen LogP contribution in [0.5, 0.6) is 0 Å². The van der Waals surface area contributed by atoms with Crippen molar-refractivity contribution in [3.63, 3.8) is 0 Å². The van der Waals surface area contributed by atoms with Gasteiger partial charge in [-0.2, -0.15) is 5.26 Å². The zero-order valence-electron chi connectivity index (χ0n) is 9.25. The van der Waals surface area contributed by atoms with Gasteiger partial charge in [-0.3, -0.25) is 0 Å². The van der Waals surface area contributed by atoms with Crippen molar-refractivity contribution in [1.29, 1.82) is 5.26 Å². The van der Waals surface area contributed by atoms with Gasteiger partial charge in [-0.1, -0.05) is 36.8 Å². The van der Waals surface area contributed by atoms with Crippen LogP contribution in [0.15, 0.2) is 0 Å². The van der Waals surface area contributed by atoms with Gasteiger partial charge in [-0.25, -0.2) is 4.98 Å². The Bertz CT molecular complexity index is 395. The number of nitrogens with one attached hydrogen (secondary N) is 1. The highest BCUT2D eigenvalue weighted by Crippen LogP contribution is 2.26. The lowest BCUT2D eigenvalue weighted by Crippen LogP contribution is -2.35. The average Bonchev–Trinajstić information content (AvgIpc) is 2.67. The molecule has 0 saturated carbocycles. The second-order valence-corrected chi connectivity index (χ2v) is 4.89. The summed E-state index contributed by atoms with van der Waals surface area (Å²) >= 11 is 6.93. The van der Waals surface area contributed by atoms with E-state index in [0.29, 0.717) is 29.4 Å². The Morgan fingerprint density at radius 3 is 2.62 bits per heavy atom. The summed E-state index contributed by atoms with van der Waals surface area (Å²) in [5.41, 5.74) is -0.731. The van der Waals surface area contributed by atoms with Crippen molar-refractivity contribution in [2.45, 2.75) is 32.3 Å². The largest absolute Gasteiger partial charge is 0.388 e. The Hall–Kier alpha value is -0.830. The SMILES string of the molecule is CCC(O)(CC)CNc1nc(Cl)c(C#N)s1. The van der Waals surface area contributed by atoms with Crippen molar-refractivity contribution >= 4 is 28.1 Å². The molecule has 6 heteroatoms. The second kappa shape index (κ2) is 5.48. The number of aliphatic hydroxyl groups is 1. The molecule has 0 aromatic carbocycles. The molecule has 0 atom stereocenters. The first-order valence-electron chi connectivity index (χ1n) is 5.07. The fourth-order valence-electron chi connectivity index (χ4n) is 1.19. The minimum Gasteiger partial charge on any atom is -0.388 e. The Morgan fingerprint density at radius 2 is 2.19 bits per heavy atom. The molecule has 0 spiro atoms. The third-order valence-corrected chi connectivity index (χ3v) is 3.88. The number of hydrogen-bond donors (Lipinski definition) is 2. The topological polar surface area (TPSA) is 68.9 Å². The lowest BCUT2D eigenvalue weighted by atomic mass is 9.98. The van der Waals surface area contributed by atoms with Crippen LogP contribution < -0.4 is 5.32 Å². The third kappa shape index (κ3) is 3.08. The molecule has 0 fully saturated rings.